The van der Waals surface area contributed by atoms with Crippen molar-refractivity contribution in [2.75, 3.05) is 57.5 Å². The van der Waals surface area contributed by atoms with Crippen LogP contribution in [0.5, 0.6) is 5.75 Å². The monoisotopic (exact) mass is 800 g/mol. The largest absolute Gasteiger partial charge is 0.492 e. The molecule has 2 saturated heterocycles. The van der Waals surface area contributed by atoms with E-state index in [1.807, 2.05) is 12.1 Å². The average molecular weight is 801 g/mol. The van der Waals surface area contributed by atoms with E-state index >= 15 is 0 Å². The minimum absolute atomic E-state index is 0.0386. The van der Waals surface area contributed by atoms with Crippen molar-refractivity contribution in [3.05, 3.63) is 40.7 Å². The van der Waals surface area contributed by atoms with Crippen LogP contribution in [0.4, 0.5) is 11.6 Å². The molecule has 3 heterocycles. The van der Waals surface area contributed by atoms with Crippen molar-refractivity contribution >= 4 is 35.1 Å². The van der Waals surface area contributed by atoms with Crippen LogP contribution in [0.25, 0.3) is 0 Å². The van der Waals surface area contributed by atoms with Crippen LogP contribution in [0.3, 0.4) is 0 Å². The Labute approximate surface area is 323 Å². The first-order valence-electron chi connectivity index (χ1n) is 17.9. The maximum atomic E-state index is 12.4. The molecule has 1 amide bonds. The van der Waals surface area contributed by atoms with Crippen LogP contribution in [0, 0.1) is 5.41 Å². The van der Waals surface area contributed by atoms with Crippen molar-refractivity contribution in [2.45, 2.75) is 94.5 Å². The Morgan fingerprint density at radius 3 is 2.02 bits per heavy atom. The molecular formula is C34H53ClN8O12. The number of unbranched alkanes of at least 4 members (excludes halogenated alkanes) is 1. The number of guanidine groups is 1. The number of carbonyl (C=O) groups excluding carboxylic acids is 1. The molecule has 0 unspecified atom stereocenters. The highest BCUT2D eigenvalue weighted by Crippen LogP contribution is 2.21. The summed E-state index contributed by atoms with van der Waals surface area (Å²) >= 11 is 5.81. The van der Waals surface area contributed by atoms with Crippen LogP contribution in [0.2, 0.25) is 5.15 Å². The second kappa shape index (κ2) is 21.1. The number of benzene rings is 1. The number of hydrogen-bond acceptors (Lipinski definition) is 18. The zero-order valence-corrected chi connectivity index (χ0v) is 31.4. The Kier molecular flexibility index (Phi) is 17.0. The molecule has 0 aliphatic carbocycles. The fourth-order valence-corrected chi connectivity index (χ4v) is 6.03. The van der Waals surface area contributed by atoms with Gasteiger partial charge in [-0.1, -0.05) is 23.7 Å². The predicted molar refractivity (Wildman–Crippen MR) is 197 cm³/mol. The molecule has 10 atom stereocenters. The molecule has 0 bridgehead atoms. The number of halogens is 1. The van der Waals surface area contributed by atoms with Gasteiger partial charge in [0.1, 0.15) is 49.0 Å². The van der Waals surface area contributed by atoms with Gasteiger partial charge in [-0.25, -0.2) is 9.97 Å². The number of carbonyl (C=O) groups is 1. The Hall–Kier alpha value is -3.51. The summed E-state index contributed by atoms with van der Waals surface area (Å²) < 4.78 is 27.3. The molecule has 20 nitrogen and oxygen atoms in total. The number of nitrogens with two attached hydrogens (primary N) is 2. The molecule has 1 aromatic heterocycles. The van der Waals surface area contributed by atoms with Crippen molar-refractivity contribution in [1.82, 2.24) is 25.5 Å². The summed E-state index contributed by atoms with van der Waals surface area (Å²) in [5.41, 5.74) is 12.0. The smallest absolute Gasteiger partial charge is 0.280 e. The van der Waals surface area contributed by atoms with Gasteiger partial charge in [0.05, 0.1) is 25.4 Å². The third-order valence-corrected chi connectivity index (χ3v) is 9.29. The lowest BCUT2D eigenvalue weighted by atomic mass is 10.0. The maximum Gasteiger partial charge on any atom is 0.280 e. The predicted octanol–water partition coefficient (Wildman–Crippen LogP) is -2.06. The molecule has 0 saturated carbocycles. The first kappa shape index (κ1) is 44.2. The first-order valence-corrected chi connectivity index (χ1v) is 18.3. The van der Waals surface area contributed by atoms with Gasteiger partial charge in [-0.2, -0.15) is 0 Å². The number of aryl methyl sites for hydroxylation is 1. The third-order valence-electron chi connectivity index (χ3n) is 9.02. The summed E-state index contributed by atoms with van der Waals surface area (Å²) in [6.07, 6.45) is -9.75. The lowest BCUT2D eigenvalue weighted by Gasteiger charge is -2.33. The molecule has 13 N–H and O–H groups in total. The van der Waals surface area contributed by atoms with Crippen LogP contribution >= 0.6 is 11.6 Å². The Morgan fingerprint density at radius 1 is 0.927 bits per heavy atom. The summed E-state index contributed by atoms with van der Waals surface area (Å²) in [5.74, 6) is -0.756. The molecule has 1 aromatic carbocycles. The Morgan fingerprint density at radius 2 is 1.49 bits per heavy atom. The average Bonchev–Trinajstić information content (AvgIpc) is 3.79. The summed E-state index contributed by atoms with van der Waals surface area (Å²) in [6, 6.07) is 7.39. The summed E-state index contributed by atoms with van der Waals surface area (Å²) in [6.45, 7) is 3.53. The van der Waals surface area contributed by atoms with Gasteiger partial charge in [-0.15, -0.1) is 0 Å². The lowest BCUT2D eigenvalue weighted by molar-refractivity contribution is -0.135. The van der Waals surface area contributed by atoms with Crippen molar-refractivity contribution in [3.63, 3.8) is 0 Å². The van der Waals surface area contributed by atoms with E-state index in [2.05, 4.69) is 20.6 Å². The molecule has 2 fully saturated rings. The number of rotatable bonds is 20. The fraction of sp³-hybridized carbons (Fsp3) is 0.647. The standard InChI is InChI=1S/C34H53ClN8O12/c1-17-52-15-23(54-17)28(48)26(46)21(44)13-43(14-22(45)27(47)29(49)24-16-53-18(2)55-24)11-12-51-20-8-6-19(7-9-20)5-3-4-10-39-34(38)42-33(50)25-31(36)41-32(37)30(35)40-25/h6-9,17-18,21-24,26-29,44-49H,3-5,10-16H2,1-2H3,(H4,36,37,41)(H3,38,39,42,50)/t17-,18-,21+,22+,23-,24-,26-,27-,28-,29-/m1/s1. The fourth-order valence-electron chi connectivity index (χ4n) is 5.90. The zero-order chi connectivity index (χ0) is 40.2. The topological polar surface area (TPSA) is 314 Å². The van der Waals surface area contributed by atoms with Gasteiger partial charge in [-0.05, 0) is 50.8 Å². The summed E-state index contributed by atoms with van der Waals surface area (Å²) in [7, 11) is 0. The van der Waals surface area contributed by atoms with Crippen molar-refractivity contribution in [2.24, 2.45) is 0 Å². The number of hydrogen-bond donors (Lipinski definition) is 11. The molecule has 0 radical (unpaired) electrons. The maximum absolute atomic E-state index is 12.4. The van der Waals surface area contributed by atoms with Crippen LogP contribution in [-0.2, 0) is 25.4 Å². The van der Waals surface area contributed by atoms with Crippen molar-refractivity contribution in [3.8, 4) is 5.75 Å². The number of aromatic nitrogens is 2. The second-order valence-electron chi connectivity index (χ2n) is 13.3. The summed E-state index contributed by atoms with van der Waals surface area (Å²) in [5, 5.41) is 77.2. The van der Waals surface area contributed by atoms with E-state index in [1.54, 1.807) is 26.0 Å². The number of aliphatic hydroxyl groups is 6. The van der Waals surface area contributed by atoms with E-state index in [4.69, 9.17) is 52.2 Å². The quantitative estimate of drug-likeness (QED) is 0.0390. The molecule has 21 heteroatoms. The summed E-state index contributed by atoms with van der Waals surface area (Å²) in [4.78, 5) is 21.5. The molecule has 4 rings (SSSR count). The van der Waals surface area contributed by atoms with E-state index in [9.17, 15) is 35.4 Å². The van der Waals surface area contributed by atoms with Crippen molar-refractivity contribution < 1.29 is 59.1 Å². The molecule has 2 aliphatic rings. The molecular weight excluding hydrogens is 748 g/mol. The van der Waals surface area contributed by atoms with Gasteiger partial charge in [0.15, 0.2) is 41.0 Å². The number of nitrogens with one attached hydrogen (secondary N) is 3. The number of nitrogens with zero attached hydrogens (tertiary/aromatic N) is 3. The number of amides is 1. The molecule has 308 valence electrons. The molecule has 2 aliphatic heterocycles. The van der Waals surface area contributed by atoms with E-state index in [0.717, 1.165) is 18.4 Å². The highest BCUT2D eigenvalue weighted by Gasteiger charge is 2.39. The van der Waals surface area contributed by atoms with E-state index in [0.29, 0.717) is 18.7 Å². The minimum Gasteiger partial charge on any atom is -0.492 e. The zero-order valence-electron chi connectivity index (χ0n) is 30.7. The SMILES string of the molecule is C[C@@H]1OC[C@H]([C@@H](O)[C@H](O)[C@@H](O)CN(CCOc2ccc(CCCCNC(=N)NC(=O)c3nc(Cl)c(N)nc3N)cc2)C[C@H](O)[C@@H](O)[C@H](O)[C@H]2CO[C@@H](C)O2)O1. The minimum atomic E-state index is -1.62. The normalized spacial score (nSPS) is 23.2. The van der Waals surface area contributed by atoms with Gasteiger partial charge < -0.3 is 71.1 Å². The second-order valence-corrected chi connectivity index (χ2v) is 13.7. The van der Waals surface area contributed by atoms with E-state index < -0.39 is 67.3 Å². The van der Waals surface area contributed by atoms with Gasteiger partial charge in [0, 0.05) is 26.2 Å². The Bertz CT molecular complexity index is 1490. The lowest BCUT2D eigenvalue weighted by Crippen LogP contribution is -2.53. The van der Waals surface area contributed by atoms with Crippen LogP contribution in [0.15, 0.2) is 24.3 Å². The van der Waals surface area contributed by atoms with Gasteiger partial charge >= 0.3 is 0 Å². The first-order chi connectivity index (χ1) is 26.1. The number of aliphatic hydroxyl groups excluding tert-OH is 6. The van der Waals surface area contributed by atoms with E-state index in [1.165, 1.54) is 4.90 Å². The molecule has 0 spiro atoms. The van der Waals surface area contributed by atoms with Crippen LogP contribution in [0.1, 0.15) is 42.7 Å². The van der Waals surface area contributed by atoms with Crippen LogP contribution in [-0.4, -0.2) is 165 Å². The highest BCUT2D eigenvalue weighted by molar-refractivity contribution is 6.31. The van der Waals surface area contributed by atoms with Crippen LogP contribution < -0.4 is 26.8 Å². The van der Waals surface area contributed by atoms with E-state index in [-0.39, 0.29) is 67.9 Å². The molecule has 55 heavy (non-hydrogen) atoms. The van der Waals surface area contributed by atoms with Gasteiger partial charge in [0.2, 0.25) is 0 Å². The third kappa shape index (κ3) is 13.3. The van der Waals surface area contributed by atoms with Crippen molar-refractivity contribution in [1.29, 1.82) is 5.41 Å². The Balaban J connectivity index is 1.22. The van der Waals surface area contributed by atoms with Gasteiger partial charge in [0.25, 0.3) is 5.91 Å². The highest BCUT2D eigenvalue weighted by atomic mass is 35.5. The number of anilines is 2. The van der Waals surface area contributed by atoms with Gasteiger partial charge in [-0.3, -0.25) is 20.4 Å². The number of ether oxygens (including phenoxy) is 5. The molecule has 2 aromatic rings. The number of nitrogen functional groups attached to an aromatic ring is 2.